The maximum Gasteiger partial charge on any atom is 0.158 e. The molecular weight excluding hydrogens is 230 g/mol. The summed E-state index contributed by atoms with van der Waals surface area (Å²) in [5, 5.41) is 3.42. The van der Waals surface area contributed by atoms with Crippen LogP contribution in [-0.2, 0) is 9.47 Å². The molecule has 0 saturated heterocycles. The fraction of sp³-hybridized carbons (Fsp3) is 0.538. The average Bonchev–Trinajstić information content (AvgIpc) is 2.37. The number of nitrogens with one attached hydrogen (secondary N) is 1. The molecule has 1 atom stereocenters. The van der Waals surface area contributed by atoms with Gasteiger partial charge in [-0.2, -0.15) is 0 Å². The topological polar surface area (TPSA) is 30.5 Å². The van der Waals surface area contributed by atoms with Crippen molar-refractivity contribution in [3.63, 3.8) is 0 Å². The molecule has 0 aliphatic carbocycles. The summed E-state index contributed by atoms with van der Waals surface area (Å²) in [6, 6.07) is 10.2. The largest absolute Gasteiger partial charge is 0.385 e. The predicted molar refractivity (Wildman–Crippen MR) is 75.7 cm³/mol. The molecule has 17 heavy (non-hydrogen) atoms. The van der Waals surface area contributed by atoms with Crippen LogP contribution in [0.5, 0.6) is 0 Å². The van der Waals surface area contributed by atoms with Crippen molar-refractivity contribution in [1.82, 2.24) is 0 Å². The van der Waals surface area contributed by atoms with Crippen molar-refractivity contribution in [3.8, 4) is 0 Å². The smallest absolute Gasteiger partial charge is 0.158 e. The molecule has 0 heterocycles. The molecule has 0 saturated carbocycles. The van der Waals surface area contributed by atoms with E-state index in [2.05, 4.69) is 17.4 Å². The molecule has 0 aliphatic heterocycles. The molecule has 96 valence electrons. The summed E-state index contributed by atoms with van der Waals surface area (Å²) in [6.07, 6.45) is -0.0621. The van der Waals surface area contributed by atoms with Crippen molar-refractivity contribution in [2.75, 3.05) is 25.1 Å². The van der Waals surface area contributed by atoms with Gasteiger partial charge in [0.05, 0.1) is 0 Å². The van der Waals surface area contributed by atoms with E-state index in [0.717, 1.165) is 22.5 Å². The Kier molecular flexibility index (Phi) is 6.92. The van der Waals surface area contributed by atoms with Gasteiger partial charge in [-0.3, -0.25) is 0 Å². The molecule has 0 radical (unpaired) electrons. The average molecular weight is 253 g/mol. The predicted octanol–water partition coefficient (Wildman–Crippen LogP) is 1.65. The summed E-state index contributed by atoms with van der Waals surface area (Å²) in [5.74, 6) is 0. The molecule has 1 unspecified atom stereocenters. The van der Waals surface area contributed by atoms with Crippen molar-refractivity contribution in [3.05, 3.63) is 30.3 Å². The van der Waals surface area contributed by atoms with E-state index < -0.39 is 0 Å². The molecule has 0 amide bonds. The van der Waals surface area contributed by atoms with Crippen LogP contribution in [0.3, 0.4) is 0 Å². The summed E-state index contributed by atoms with van der Waals surface area (Å²) in [7, 11) is 1.05. The SMILES string of the molecule is CCOC(OCC)C([SiH3])CNc1ccccc1. The van der Waals surface area contributed by atoms with Crippen LogP contribution in [0, 0.1) is 0 Å². The molecule has 0 aliphatic rings. The first kappa shape index (κ1) is 14.2. The normalized spacial score (nSPS) is 12.9. The lowest BCUT2D eigenvalue weighted by atomic mass is 10.3. The van der Waals surface area contributed by atoms with Crippen LogP contribution < -0.4 is 5.32 Å². The van der Waals surface area contributed by atoms with E-state index in [1.807, 2.05) is 32.0 Å². The zero-order chi connectivity index (χ0) is 12.5. The quantitative estimate of drug-likeness (QED) is 0.564. The molecule has 1 aromatic rings. The number of benzene rings is 1. The molecule has 1 aromatic carbocycles. The Balaban J connectivity index is 2.38. The maximum atomic E-state index is 5.61. The van der Waals surface area contributed by atoms with Crippen LogP contribution in [-0.4, -0.2) is 36.3 Å². The second-order valence-electron chi connectivity index (χ2n) is 4.00. The van der Waals surface area contributed by atoms with Gasteiger partial charge in [0.15, 0.2) is 6.29 Å². The zero-order valence-corrected chi connectivity index (χ0v) is 13.0. The van der Waals surface area contributed by atoms with Crippen molar-refractivity contribution in [2.24, 2.45) is 0 Å². The molecule has 3 nitrogen and oxygen atoms in total. The number of para-hydroxylation sites is 1. The molecule has 1 rings (SSSR count). The van der Waals surface area contributed by atoms with Crippen LogP contribution in [0.1, 0.15) is 13.8 Å². The minimum Gasteiger partial charge on any atom is -0.385 e. The third-order valence-corrected chi connectivity index (χ3v) is 3.48. The van der Waals surface area contributed by atoms with Crippen molar-refractivity contribution in [2.45, 2.75) is 25.7 Å². The molecule has 0 bridgehead atoms. The van der Waals surface area contributed by atoms with E-state index in [-0.39, 0.29) is 6.29 Å². The highest BCUT2D eigenvalue weighted by atomic mass is 28.1. The van der Waals surface area contributed by atoms with Gasteiger partial charge in [0, 0.05) is 41.2 Å². The van der Waals surface area contributed by atoms with E-state index in [0.29, 0.717) is 18.8 Å². The van der Waals surface area contributed by atoms with Gasteiger partial charge in [-0.25, -0.2) is 0 Å². The number of rotatable bonds is 8. The summed E-state index contributed by atoms with van der Waals surface area (Å²) in [4.78, 5) is 0. The van der Waals surface area contributed by atoms with E-state index in [1.165, 1.54) is 0 Å². The lowest BCUT2D eigenvalue weighted by Crippen LogP contribution is -2.28. The van der Waals surface area contributed by atoms with Crippen molar-refractivity contribution in [1.29, 1.82) is 0 Å². The second kappa shape index (κ2) is 8.28. The maximum absolute atomic E-state index is 5.61. The highest BCUT2D eigenvalue weighted by Crippen LogP contribution is 2.14. The Morgan fingerprint density at radius 2 is 1.71 bits per heavy atom. The standard InChI is InChI=1S/C13H23NO2Si/c1-3-15-13(16-4-2)12(17)10-14-11-8-6-5-7-9-11/h5-9,12-14H,3-4,10H2,1-2,17H3. The Morgan fingerprint density at radius 1 is 1.12 bits per heavy atom. The van der Waals surface area contributed by atoms with Crippen LogP contribution >= 0.6 is 0 Å². The number of ether oxygens (including phenoxy) is 2. The monoisotopic (exact) mass is 253 g/mol. The van der Waals surface area contributed by atoms with Crippen molar-refractivity contribution >= 4 is 15.9 Å². The molecular formula is C13H23NO2Si. The van der Waals surface area contributed by atoms with Gasteiger partial charge < -0.3 is 14.8 Å². The van der Waals surface area contributed by atoms with Gasteiger partial charge in [-0.05, 0) is 26.0 Å². The lowest BCUT2D eigenvalue weighted by molar-refractivity contribution is -0.136. The minimum absolute atomic E-state index is 0.0621. The third-order valence-electron chi connectivity index (χ3n) is 2.53. The number of hydrogen-bond acceptors (Lipinski definition) is 3. The van der Waals surface area contributed by atoms with Crippen LogP contribution in [0.25, 0.3) is 0 Å². The third kappa shape index (κ3) is 5.34. The number of hydrogen-bond donors (Lipinski definition) is 1. The summed E-state index contributed by atoms with van der Waals surface area (Å²) < 4.78 is 11.2. The van der Waals surface area contributed by atoms with Gasteiger partial charge in [0.25, 0.3) is 0 Å². The van der Waals surface area contributed by atoms with E-state index in [1.54, 1.807) is 0 Å². The van der Waals surface area contributed by atoms with Crippen LogP contribution in [0.15, 0.2) is 30.3 Å². The Labute approximate surface area is 107 Å². The van der Waals surface area contributed by atoms with E-state index in [4.69, 9.17) is 9.47 Å². The molecule has 0 aromatic heterocycles. The fourth-order valence-electron chi connectivity index (χ4n) is 1.64. The number of anilines is 1. The van der Waals surface area contributed by atoms with Gasteiger partial charge in [0.2, 0.25) is 0 Å². The lowest BCUT2D eigenvalue weighted by Gasteiger charge is -2.24. The second-order valence-corrected chi connectivity index (χ2v) is 5.49. The van der Waals surface area contributed by atoms with Gasteiger partial charge in [0.1, 0.15) is 0 Å². The zero-order valence-electron chi connectivity index (χ0n) is 11.0. The Bertz CT molecular complexity index is 289. The summed E-state index contributed by atoms with van der Waals surface area (Å²) in [5.41, 5.74) is 1.61. The summed E-state index contributed by atoms with van der Waals surface area (Å²) >= 11 is 0. The Morgan fingerprint density at radius 3 is 2.24 bits per heavy atom. The Hall–Kier alpha value is -0.843. The van der Waals surface area contributed by atoms with Gasteiger partial charge in [-0.15, -0.1) is 0 Å². The molecule has 0 spiro atoms. The first-order valence-electron chi connectivity index (χ1n) is 6.30. The highest BCUT2D eigenvalue weighted by Gasteiger charge is 2.17. The summed E-state index contributed by atoms with van der Waals surface area (Å²) in [6.45, 7) is 6.32. The van der Waals surface area contributed by atoms with Gasteiger partial charge >= 0.3 is 0 Å². The molecule has 0 fully saturated rings. The minimum atomic E-state index is -0.0621. The van der Waals surface area contributed by atoms with Crippen LogP contribution in [0.2, 0.25) is 5.54 Å². The van der Waals surface area contributed by atoms with Gasteiger partial charge in [-0.1, -0.05) is 18.2 Å². The van der Waals surface area contributed by atoms with Crippen molar-refractivity contribution < 1.29 is 9.47 Å². The first-order valence-corrected chi connectivity index (χ1v) is 7.45. The van der Waals surface area contributed by atoms with E-state index >= 15 is 0 Å². The van der Waals surface area contributed by atoms with E-state index in [9.17, 15) is 0 Å². The highest BCUT2D eigenvalue weighted by molar-refractivity contribution is 6.12. The molecule has 1 N–H and O–H groups in total. The van der Waals surface area contributed by atoms with Crippen LogP contribution in [0.4, 0.5) is 5.69 Å². The fourth-order valence-corrected chi connectivity index (χ4v) is 2.23. The first-order chi connectivity index (χ1) is 8.27. The molecule has 4 heteroatoms.